The Morgan fingerprint density at radius 1 is 1.21 bits per heavy atom. The molecule has 0 saturated heterocycles. The van der Waals surface area contributed by atoms with Gasteiger partial charge in [-0.3, -0.25) is 4.79 Å². The maximum atomic E-state index is 11.7. The van der Waals surface area contributed by atoms with Gasteiger partial charge in [0.2, 0.25) is 0 Å². The number of esters is 1. The predicted octanol–water partition coefficient (Wildman–Crippen LogP) is 2.60. The fraction of sp³-hybridized carbons (Fsp3) is 0.533. The molecule has 4 heteroatoms. The summed E-state index contributed by atoms with van der Waals surface area (Å²) in [5, 5.41) is 0. The van der Waals surface area contributed by atoms with E-state index in [1.54, 1.807) is 14.2 Å². The second kappa shape index (κ2) is 7.14. The Balaban J connectivity index is 2.43. The quantitative estimate of drug-likeness (QED) is 0.712. The molecule has 0 unspecified atom stereocenters. The third-order valence-electron chi connectivity index (χ3n) is 3.05. The molecule has 0 spiro atoms. The van der Waals surface area contributed by atoms with Gasteiger partial charge in [-0.2, -0.15) is 0 Å². The smallest absolute Gasteiger partial charge is 0.310 e. The van der Waals surface area contributed by atoms with Gasteiger partial charge in [-0.15, -0.1) is 0 Å². The van der Waals surface area contributed by atoms with Crippen LogP contribution in [0.2, 0.25) is 0 Å². The van der Waals surface area contributed by atoms with Crippen molar-refractivity contribution in [1.82, 2.24) is 0 Å². The number of ether oxygens (including phenoxy) is 3. The van der Waals surface area contributed by atoms with Gasteiger partial charge in [-0.1, -0.05) is 18.2 Å². The van der Waals surface area contributed by atoms with E-state index in [-0.39, 0.29) is 18.0 Å². The summed E-state index contributed by atoms with van der Waals surface area (Å²) in [6.07, 6.45) is 0.887. The van der Waals surface area contributed by atoms with Crippen molar-refractivity contribution in [2.24, 2.45) is 0 Å². The highest BCUT2D eigenvalue weighted by Crippen LogP contribution is 2.18. The second-order valence-electron chi connectivity index (χ2n) is 4.92. The van der Waals surface area contributed by atoms with E-state index in [2.05, 4.69) is 0 Å². The zero-order valence-corrected chi connectivity index (χ0v) is 12.1. The summed E-state index contributed by atoms with van der Waals surface area (Å²) in [5.74, 6) is 0.452. The molecule has 0 aliphatic carbocycles. The molecule has 0 saturated carbocycles. The van der Waals surface area contributed by atoms with Crippen molar-refractivity contribution in [1.29, 1.82) is 0 Å². The Bertz CT molecular complexity index is 412. The van der Waals surface area contributed by atoms with E-state index in [1.807, 2.05) is 38.1 Å². The minimum absolute atomic E-state index is 0.220. The average Bonchev–Trinajstić information content (AvgIpc) is 2.39. The van der Waals surface area contributed by atoms with Gasteiger partial charge >= 0.3 is 5.97 Å². The Labute approximate surface area is 114 Å². The Morgan fingerprint density at radius 3 is 2.53 bits per heavy atom. The fourth-order valence-corrected chi connectivity index (χ4v) is 1.57. The zero-order chi connectivity index (χ0) is 14.3. The van der Waals surface area contributed by atoms with Crippen molar-refractivity contribution in [3.8, 4) is 5.75 Å². The third-order valence-corrected chi connectivity index (χ3v) is 3.05. The summed E-state index contributed by atoms with van der Waals surface area (Å²) in [6.45, 7) is 4.27. The van der Waals surface area contributed by atoms with Gasteiger partial charge in [0.05, 0.1) is 25.7 Å². The fourth-order valence-electron chi connectivity index (χ4n) is 1.57. The van der Waals surface area contributed by atoms with Crippen molar-refractivity contribution < 1.29 is 19.0 Å². The molecule has 0 fully saturated rings. The molecule has 0 heterocycles. The van der Waals surface area contributed by atoms with Crippen molar-refractivity contribution in [3.05, 3.63) is 29.8 Å². The minimum atomic E-state index is -0.273. The first-order valence-electron chi connectivity index (χ1n) is 6.31. The molecule has 4 nitrogen and oxygen atoms in total. The van der Waals surface area contributed by atoms with E-state index < -0.39 is 0 Å². The van der Waals surface area contributed by atoms with Gasteiger partial charge in [0, 0.05) is 19.1 Å². The van der Waals surface area contributed by atoms with E-state index in [4.69, 9.17) is 14.2 Å². The lowest BCUT2D eigenvalue weighted by Gasteiger charge is -2.22. The lowest BCUT2D eigenvalue weighted by Crippen LogP contribution is -2.25. The molecule has 0 amide bonds. The first kappa shape index (κ1) is 15.5. The molecule has 1 rings (SSSR count). The third kappa shape index (κ3) is 5.30. The summed E-state index contributed by atoms with van der Waals surface area (Å²) in [5.41, 5.74) is 0.561. The van der Waals surface area contributed by atoms with Crippen LogP contribution in [0.15, 0.2) is 24.3 Å². The van der Waals surface area contributed by atoms with Crippen LogP contribution in [0, 0.1) is 0 Å². The summed E-state index contributed by atoms with van der Waals surface area (Å²) >= 11 is 0. The number of carbonyl (C=O) groups is 1. The van der Waals surface area contributed by atoms with E-state index in [9.17, 15) is 4.79 Å². The Hall–Kier alpha value is -1.55. The highest BCUT2D eigenvalue weighted by atomic mass is 16.5. The van der Waals surface area contributed by atoms with Crippen LogP contribution < -0.4 is 4.74 Å². The molecule has 0 N–H and O–H groups in total. The molecular formula is C15H22O4. The van der Waals surface area contributed by atoms with E-state index in [0.29, 0.717) is 18.8 Å². The first-order chi connectivity index (χ1) is 8.98. The van der Waals surface area contributed by atoms with Crippen LogP contribution in [0.3, 0.4) is 0 Å². The van der Waals surface area contributed by atoms with Crippen molar-refractivity contribution >= 4 is 5.97 Å². The zero-order valence-electron chi connectivity index (χ0n) is 12.1. The summed E-state index contributed by atoms with van der Waals surface area (Å²) < 4.78 is 15.7. The first-order valence-corrected chi connectivity index (χ1v) is 6.31. The van der Waals surface area contributed by atoms with E-state index >= 15 is 0 Å². The summed E-state index contributed by atoms with van der Waals surface area (Å²) in [4.78, 5) is 11.7. The number of carbonyl (C=O) groups excluding carboxylic acids is 1. The molecule has 0 bridgehead atoms. The lowest BCUT2D eigenvalue weighted by atomic mass is 10.1. The monoisotopic (exact) mass is 266 g/mol. The predicted molar refractivity (Wildman–Crippen MR) is 73.4 cm³/mol. The highest BCUT2D eigenvalue weighted by molar-refractivity contribution is 5.73. The van der Waals surface area contributed by atoms with Crippen LogP contribution in [0.4, 0.5) is 0 Å². The SMILES string of the molecule is COc1ccccc1CC(=O)OCCC(C)(C)OC. The number of benzene rings is 1. The molecule has 0 aromatic heterocycles. The number of rotatable bonds is 7. The lowest BCUT2D eigenvalue weighted by molar-refractivity contribution is -0.144. The van der Waals surface area contributed by atoms with Gasteiger partial charge in [0.1, 0.15) is 5.75 Å². The summed E-state index contributed by atoms with van der Waals surface area (Å²) in [6, 6.07) is 7.43. The van der Waals surface area contributed by atoms with Crippen LogP contribution in [-0.4, -0.2) is 32.4 Å². The molecule has 106 valence electrons. The van der Waals surface area contributed by atoms with Crippen molar-refractivity contribution in [3.63, 3.8) is 0 Å². The topological polar surface area (TPSA) is 44.8 Å². The number of methoxy groups -OCH3 is 2. The van der Waals surface area contributed by atoms with Crippen LogP contribution in [0.5, 0.6) is 5.75 Å². The maximum absolute atomic E-state index is 11.7. The largest absolute Gasteiger partial charge is 0.496 e. The maximum Gasteiger partial charge on any atom is 0.310 e. The van der Waals surface area contributed by atoms with Gasteiger partial charge in [0.25, 0.3) is 0 Å². The van der Waals surface area contributed by atoms with E-state index in [1.165, 1.54) is 0 Å². The molecule has 1 aromatic carbocycles. The van der Waals surface area contributed by atoms with Crippen molar-refractivity contribution in [2.45, 2.75) is 32.3 Å². The van der Waals surface area contributed by atoms with Gasteiger partial charge in [-0.05, 0) is 19.9 Å². The molecular weight excluding hydrogens is 244 g/mol. The molecule has 1 aromatic rings. The van der Waals surface area contributed by atoms with Gasteiger partial charge in [-0.25, -0.2) is 0 Å². The number of hydrogen-bond acceptors (Lipinski definition) is 4. The number of hydrogen-bond donors (Lipinski definition) is 0. The minimum Gasteiger partial charge on any atom is -0.496 e. The van der Waals surface area contributed by atoms with Crippen molar-refractivity contribution in [2.75, 3.05) is 20.8 Å². The van der Waals surface area contributed by atoms with Gasteiger partial charge < -0.3 is 14.2 Å². The Kier molecular flexibility index (Phi) is 5.83. The summed E-state index contributed by atoms with van der Waals surface area (Å²) in [7, 11) is 3.24. The molecule has 0 radical (unpaired) electrons. The standard InChI is InChI=1S/C15H22O4/c1-15(2,18-4)9-10-19-14(16)11-12-7-5-6-8-13(12)17-3/h5-8H,9-11H2,1-4H3. The normalized spacial score (nSPS) is 11.2. The van der Waals surface area contributed by atoms with Crippen LogP contribution in [0.1, 0.15) is 25.8 Å². The molecule has 0 atom stereocenters. The van der Waals surface area contributed by atoms with Crippen LogP contribution >= 0.6 is 0 Å². The second-order valence-corrected chi connectivity index (χ2v) is 4.92. The van der Waals surface area contributed by atoms with Gasteiger partial charge in [0.15, 0.2) is 0 Å². The molecule has 0 aliphatic rings. The van der Waals surface area contributed by atoms with Crippen LogP contribution in [-0.2, 0) is 20.7 Å². The molecule has 19 heavy (non-hydrogen) atoms. The number of para-hydroxylation sites is 1. The molecule has 0 aliphatic heterocycles. The average molecular weight is 266 g/mol. The van der Waals surface area contributed by atoms with E-state index in [0.717, 1.165) is 5.56 Å². The van der Waals surface area contributed by atoms with Crippen LogP contribution in [0.25, 0.3) is 0 Å². The highest BCUT2D eigenvalue weighted by Gasteiger charge is 2.17. The Morgan fingerprint density at radius 2 is 1.89 bits per heavy atom.